The number of methoxy groups -OCH3 is 1. The normalized spacial score (nSPS) is 31.3. The van der Waals surface area contributed by atoms with Gasteiger partial charge in [-0.1, -0.05) is 12.1 Å². The molecule has 2 aliphatic carbocycles. The first kappa shape index (κ1) is 13.4. The van der Waals surface area contributed by atoms with Crippen molar-refractivity contribution in [2.45, 2.75) is 25.3 Å². The minimum absolute atomic E-state index is 0.0987. The maximum atomic E-state index is 12.4. The quantitative estimate of drug-likeness (QED) is 0.881. The van der Waals surface area contributed by atoms with Gasteiger partial charge < -0.3 is 15.2 Å². The first-order valence-electron chi connectivity index (χ1n) is 7.29. The van der Waals surface area contributed by atoms with E-state index in [9.17, 15) is 9.90 Å². The maximum Gasteiger partial charge on any atom is 0.255 e. The number of aliphatic hydroxyl groups excluding tert-OH is 1. The number of para-hydroxylation sites is 1. The highest BCUT2D eigenvalue weighted by atomic mass is 16.5. The van der Waals surface area contributed by atoms with Crippen molar-refractivity contribution in [1.82, 2.24) is 5.32 Å². The van der Waals surface area contributed by atoms with Crippen molar-refractivity contribution < 1.29 is 14.6 Å². The smallest absolute Gasteiger partial charge is 0.255 e. The second-order valence-electron chi connectivity index (χ2n) is 5.88. The molecule has 4 heteroatoms. The summed E-state index contributed by atoms with van der Waals surface area (Å²) in [6.07, 6.45) is 3.50. The molecule has 1 aromatic carbocycles. The number of benzene rings is 1. The third kappa shape index (κ3) is 2.18. The average molecular weight is 275 g/mol. The van der Waals surface area contributed by atoms with E-state index in [2.05, 4.69) is 5.32 Å². The molecule has 2 saturated carbocycles. The Bertz CT molecular complexity index is 502. The molecule has 0 aromatic heterocycles. The molecule has 20 heavy (non-hydrogen) atoms. The summed E-state index contributed by atoms with van der Waals surface area (Å²) in [7, 11) is 1.57. The van der Waals surface area contributed by atoms with Crippen LogP contribution in [0.1, 0.15) is 29.6 Å². The predicted octanol–water partition coefficient (Wildman–Crippen LogP) is 1.83. The summed E-state index contributed by atoms with van der Waals surface area (Å²) >= 11 is 0. The topological polar surface area (TPSA) is 58.6 Å². The van der Waals surface area contributed by atoms with Crippen LogP contribution in [0.25, 0.3) is 0 Å². The minimum Gasteiger partial charge on any atom is -0.496 e. The molecule has 108 valence electrons. The number of carbonyl (C=O) groups is 1. The van der Waals surface area contributed by atoms with E-state index >= 15 is 0 Å². The van der Waals surface area contributed by atoms with Gasteiger partial charge in [-0.25, -0.2) is 0 Å². The summed E-state index contributed by atoms with van der Waals surface area (Å²) < 4.78 is 5.24. The monoisotopic (exact) mass is 275 g/mol. The van der Waals surface area contributed by atoms with Crippen molar-refractivity contribution in [2.75, 3.05) is 13.7 Å². The fourth-order valence-corrected chi connectivity index (χ4v) is 3.96. The van der Waals surface area contributed by atoms with Gasteiger partial charge in [0.1, 0.15) is 5.75 Å². The fraction of sp³-hybridized carbons (Fsp3) is 0.562. The lowest BCUT2D eigenvalue weighted by molar-refractivity contribution is 0.0858. The lowest BCUT2D eigenvalue weighted by atomic mass is 9.85. The number of carbonyl (C=O) groups excluding carboxylic acids is 1. The lowest BCUT2D eigenvalue weighted by Crippen LogP contribution is -2.45. The molecule has 0 saturated heterocycles. The Morgan fingerprint density at radius 2 is 2.10 bits per heavy atom. The number of amides is 1. The number of hydrogen-bond donors (Lipinski definition) is 2. The number of rotatable bonds is 4. The van der Waals surface area contributed by atoms with E-state index in [1.165, 1.54) is 6.42 Å². The Balaban J connectivity index is 1.76. The van der Waals surface area contributed by atoms with Gasteiger partial charge in [0.15, 0.2) is 0 Å². The van der Waals surface area contributed by atoms with Crippen molar-refractivity contribution in [3.05, 3.63) is 29.8 Å². The third-order valence-electron chi connectivity index (χ3n) is 4.95. The molecule has 1 amide bonds. The Labute approximate surface area is 119 Å². The molecule has 0 heterocycles. The van der Waals surface area contributed by atoms with E-state index in [0.717, 1.165) is 12.8 Å². The summed E-state index contributed by atoms with van der Waals surface area (Å²) in [5.41, 5.74) is 0.564. The zero-order valence-electron chi connectivity index (χ0n) is 11.7. The molecule has 2 bridgehead atoms. The molecule has 2 N–H and O–H groups in total. The highest BCUT2D eigenvalue weighted by molar-refractivity contribution is 5.97. The van der Waals surface area contributed by atoms with Gasteiger partial charge in [0.05, 0.1) is 12.7 Å². The summed E-state index contributed by atoms with van der Waals surface area (Å²) in [5.74, 6) is 1.81. The van der Waals surface area contributed by atoms with E-state index < -0.39 is 0 Å². The zero-order valence-corrected chi connectivity index (χ0v) is 11.7. The number of fused-ring (bicyclic) bond motifs is 2. The minimum atomic E-state index is -0.0987. The molecule has 0 spiro atoms. The van der Waals surface area contributed by atoms with Gasteiger partial charge >= 0.3 is 0 Å². The van der Waals surface area contributed by atoms with Gasteiger partial charge in [0.2, 0.25) is 0 Å². The number of aliphatic hydroxyl groups is 1. The van der Waals surface area contributed by atoms with Crippen molar-refractivity contribution in [2.24, 2.45) is 17.8 Å². The van der Waals surface area contributed by atoms with Crippen LogP contribution in [0.15, 0.2) is 24.3 Å². The molecular formula is C16H21NO3. The first-order valence-corrected chi connectivity index (χ1v) is 7.29. The molecule has 3 rings (SSSR count). The largest absolute Gasteiger partial charge is 0.496 e. The fourth-order valence-electron chi connectivity index (χ4n) is 3.96. The van der Waals surface area contributed by atoms with Crippen LogP contribution in [0, 0.1) is 17.8 Å². The Hall–Kier alpha value is -1.55. The van der Waals surface area contributed by atoms with E-state index in [4.69, 9.17) is 4.74 Å². The molecule has 4 atom stereocenters. The highest BCUT2D eigenvalue weighted by Gasteiger charge is 2.47. The van der Waals surface area contributed by atoms with Crippen LogP contribution < -0.4 is 10.1 Å². The summed E-state index contributed by atoms with van der Waals surface area (Å²) in [4.78, 5) is 12.4. The second-order valence-corrected chi connectivity index (χ2v) is 5.88. The van der Waals surface area contributed by atoms with Crippen molar-refractivity contribution in [3.8, 4) is 5.75 Å². The third-order valence-corrected chi connectivity index (χ3v) is 4.95. The first-order chi connectivity index (χ1) is 9.74. The van der Waals surface area contributed by atoms with Gasteiger partial charge in [-0.2, -0.15) is 0 Å². The predicted molar refractivity (Wildman–Crippen MR) is 75.7 cm³/mol. The zero-order chi connectivity index (χ0) is 14.1. The van der Waals surface area contributed by atoms with Gasteiger partial charge in [0.25, 0.3) is 5.91 Å². The van der Waals surface area contributed by atoms with Crippen molar-refractivity contribution in [1.29, 1.82) is 0 Å². The van der Waals surface area contributed by atoms with E-state index in [0.29, 0.717) is 23.1 Å². The van der Waals surface area contributed by atoms with Crippen LogP contribution in [0.4, 0.5) is 0 Å². The Kier molecular flexibility index (Phi) is 3.66. The average Bonchev–Trinajstić information content (AvgIpc) is 3.08. The number of nitrogens with one attached hydrogen (secondary N) is 1. The molecule has 4 unspecified atom stereocenters. The van der Waals surface area contributed by atoms with E-state index in [1.54, 1.807) is 19.2 Å². The summed E-state index contributed by atoms with van der Waals surface area (Å²) in [5, 5.41) is 12.7. The van der Waals surface area contributed by atoms with Crippen LogP contribution in [-0.2, 0) is 0 Å². The highest BCUT2D eigenvalue weighted by Crippen LogP contribution is 2.48. The number of hydrogen-bond acceptors (Lipinski definition) is 3. The molecule has 0 aliphatic heterocycles. The van der Waals surface area contributed by atoms with Gasteiger partial charge in [-0.15, -0.1) is 0 Å². The molecular weight excluding hydrogens is 254 g/mol. The standard InChI is InChI=1S/C16H21NO3/c1-20-14-5-3-2-4-12(14)16(19)17-15-11-7-6-10(8-11)13(15)9-18/h2-5,10-11,13,15,18H,6-9H2,1H3,(H,17,19). The molecule has 4 nitrogen and oxygen atoms in total. The van der Waals surface area contributed by atoms with Crippen LogP contribution in [0.3, 0.4) is 0 Å². The van der Waals surface area contributed by atoms with Crippen LogP contribution in [0.5, 0.6) is 5.75 Å². The van der Waals surface area contributed by atoms with Crippen molar-refractivity contribution in [3.63, 3.8) is 0 Å². The van der Waals surface area contributed by atoms with Crippen LogP contribution >= 0.6 is 0 Å². The van der Waals surface area contributed by atoms with Gasteiger partial charge in [-0.05, 0) is 43.2 Å². The Morgan fingerprint density at radius 1 is 1.35 bits per heavy atom. The van der Waals surface area contributed by atoms with E-state index in [1.807, 2.05) is 12.1 Å². The van der Waals surface area contributed by atoms with Crippen molar-refractivity contribution >= 4 is 5.91 Å². The second kappa shape index (κ2) is 5.44. The molecule has 0 radical (unpaired) electrons. The SMILES string of the molecule is COc1ccccc1C(=O)NC1C2CCC(C2)C1CO. The van der Waals surface area contributed by atoms with Crippen LogP contribution in [-0.4, -0.2) is 30.8 Å². The molecule has 2 aliphatic rings. The van der Waals surface area contributed by atoms with Crippen LogP contribution in [0.2, 0.25) is 0 Å². The van der Waals surface area contributed by atoms with E-state index in [-0.39, 0.29) is 24.5 Å². The van der Waals surface area contributed by atoms with Gasteiger partial charge in [0, 0.05) is 18.6 Å². The molecule has 1 aromatic rings. The maximum absolute atomic E-state index is 12.4. The molecule has 2 fully saturated rings. The summed E-state index contributed by atoms with van der Waals surface area (Å²) in [6.45, 7) is 0.165. The lowest BCUT2D eigenvalue weighted by Gasteiger charge is -2.30. The number of ether oxygens (including phenoxy) is 1. The van der Waals surface area contributed by atoms with Gasteiger partial charge in [-0.3, -0.25) is 4.79 Å². The summed E-state index contributed by atoms with van der Waals surface area (Å²) in [6, 6.07) is 7.36. The Morgan fingerprint density at radius 3 is 2.85 bits per heavy atom.